The summed E-state index contributed by atoms with van der Waals surface area (Å²) in [6.07, 6.45) is 1.83. The fourth-order valence-corrected chi connectivity index (χ4v) is 4.02. The van der Waals surface area contributed by atoms with Crippen molar-refractivity contribution < 1.29 is 27.8 Å². The summed E-state index contributed by atoms with van der Waals surface area (Å²) in [4.78, 5) is 27.4. The molecule has 9 heteroatoms. The van der Waals surface area contributed by atoms with Crippen LogP contribution in [0, 0.1) is 0 Å². The van der Waals surface area contributed by atoms with Gasteiger partial charge in [-0.2, -0.15) is 8.78 Å². The van der Waals surface area contributed by atoms with Crippen LogP contribution in [-0.2, 0) is 11.2 Å². The Hall–Kier alpha value is -2.68. The quantitative estimate of drug-likeness (QED) is 0.706. The normalized spacial score (nSPS) is 16.1. The largest absolute Gasteiger partial charge is 0.493 e. The van der Waals surface area contributed by atoms with Gasteiger partial charge in [0.2, 0.25) is 5.91 Å². The van der Waals surface area contributed by atoms with Crippen molar-refractivity contribution in [3.8, 4) is 11.5 Å². The second kappa shape index (κ2) is 9.69. The number of nitrogens with one attached hydrogen (secondary N) is 1. The number of halogens is 2. The van der Waals surface area contributed by atoms with E-state index < -0.39 is 12.7 Å². The summed E-state index contributed by atoms with van der Waals surface area (Å²) < 4.78 is 34.6. The summed E-state index contributed by atoms with van der Waals surface area (Å²) in [5.41, 5.74) is 0.722. The van der Waals surface area contributed by atoms with Crippen molar-refractivity contribution in [1.82, 2.24) is 10.2 Å². The third kappa shape index (κ3) is 5.23. The van der Waals surface area contributed by atoms with Crippen molar-refractivity contribution in [2.24, 2.45) is 0 Å². The number of alkyl halides is 2. The van der Waals surface area contributed by atoms with E-state index in [1.165, 1.54) is 24.5 Å². The van der Waals surface area contributed by atoms with Crippen molar-refractivity contribution in [1.29, 1.82) is 0 Å². The third-order valence-electron chi connectivity index (χ3n) is 4.71. The maximum absolute atomic E-state index is 12.6. The smallest absolute Gasteiger partial charge is 0.387 e. The molecule has 1 aliphatic heterocycles. The predicted molar refractivity (Wildman–Crippen MR) is 105 cm³/mol. The predicted octanol–water partition coefficient (Wildman–Crippen LogP) is 3.32. The highest BCUT2D eigenvalue weighted by molar-refractivity contribution is 7.12. The fourth-order valence-electron chi connectivity index (χ4n) is 3.34. The van der Waals surface area contributed by atoms with E-state index in [1.807, 2.05) is 11.4 Å². The molecule has 29 heavy (non-hydrogen) atoms. The molecule has 2 amide bonds. The van der Waals surface area contributed by atoms with Gasteiger partial charge >= 0.3 is 6.61 Å². The van der Waals surface area contributed by atoms with Crippen molar-refractivity contribution in [2.75, 3.05) is 20.2 Å². The van der Waals surface area contributed by atoms with E-state index in [2.05, 4.69) is 10.1 Å². The molecule has 1 fully saturated rings. The molecule has 0 bridgehead atoms. The molecular formula is C20H22F2N2O4S. The summed E-state index contributed by atoms with van der Waals surface area (Å²) >= 11 is 1.36. The monoisotopic (exact) mass is 424 g/mol. The number of likely N-dealkylation sites (tertiary alicyclic amines) is 1. The lowest BCUT2D eigenvalue weighted by Gasteiger charge is -2.23. The molecule has 2 heterocycles. The van der Waals surface area contributed by atoms with Gasteiger partial charge in [-0.05, 0) is 48.4 Å². The van der Waals surface area contributed by atoms with Crippen LogP contribution in [-0.4, -0.2) is 49.6 Å². The molecule has 1 atom stereocenters. The number of hydrogen-bond donors (Lipinski definition) is 1. The van der Waals surface area contributed by atoms with Gasteiger partial charge in [0.25, 0.3) is 5.91 Å². The minimum absolute atomic E-state index is 0.0464. The van der Waals surface area contributed by atoms with Crippen molar-refractivity contribution in [2.45, 2.75) is 31.9 Å². The van der Waals surface area contributed by atoms with Crippen LogP contribution in [0.3, 0.4) is 0 Å². The maximum Gasteiger partial charge on any atom is 0.387 e. The van der Waals surface area contributed by atoms with Gasteiger partial charge in [0, 0.05) is 13.1 Å². The molecule has 1 aromatic heterocycles. The zero-order valence-corrected chi connectivity index (χ0v) is 16.7. The first kappa shape index (κ1) is 21.0. The Morgan fingerprint density at radius 1 is 1.31 bits per heavy atom. The van der Waals surface area contributed by atoms with Crippen LogP contribution in [0.1, 0.15) is 28.1 Å². The highest BCUT2D eigenvalue weighted by atomic mass is 32.1. The van der Waals surface area contributed by atoms with Gasteiger partial charge in [-0.1, -0.05) is 12.1 Å². The third-order valence-corrected chi connectivity index (χ3v) is 5.56. The minimum Gasteiger partial charge on any atom is -0.493 e. The molecule has 6 nitrogen and oxygen atoms in total. The van der Waals surface area contributed by atoms with Gasteiger partial charge < -0.3 is 19.7 Å². The maximum atomic E-state index is 12.6. The molecule has 0 saturated carbocycles. The molecular weight excluding hydrogens is 402 g/mol. The van der Waals surface area contributed by atoms with Gasteiger partial charge in [0.05, 0.1) is 12.0 Å². The minimum atomic E-state index is -2.95. The average Bonchev–Trinajstić information content (AvgIpc) is 3.39. The first-order valence-electron chi connectivity index (χ1n) is 9.23. The number of carbonyl (C=O) groups excluding carboxylic acids is 2. The van der Waals surface area contributed by atoms with E-state index in [-0.39, 0.29) is 23.3 Å². The Bertz CT molecular complexity index is 845. The zero-order valence-electron chi connectivity index (χ0n) is 15.9. The van der Waals surface area contributed by atoms with E-state index in [0.29, 0.717) is 30.8 Å². The molecule has 0 spiro atoms. The Kier molecular flexibility index (Phi) is 7.03. The molecule has 3 rings (SSSR count). The van der Waals surface area contributed by atoms with Gasteiger partial charge in [-0.15, -0.1) is 11.3 Å². The van der Waals surface area contributed by atoms with E-state index in [9.17, 15) is 18.4 Å². The van der Waals surface area contributed by atoms with Crippen LogP contribution in [0.4, 0.5) is 8.78 Å². The number of amides is 2. The van der Waals surface area contributed by atoms with E-state index in [4.69, 9.17) is 4.74 Å². The molecule has 1 saturated heterocycles. The van der Waals surface area contributed by atoms with Gasteiger partial charge in [0.1, 0.15) is 6.04 Å². The SMILES string of the molecule is COc1ccc(CCNC(=O)[C@@H]2CCCN2C(=O)c2cccs2)cc1OC(F)F. The molecule has 1 aromatic carbocycles. The zero-order chi connectivity index (χ0) is 20.8. The average molecular weight is 424 g/mol. The van der Waals surface area contributed by atoms with Crippen LogP contribution in [0.15, 0.2) is 35.7 Å². The lowest BCUT2D eigenvalue weighted by molar-refractivity contribution is -0.124. The summed E-state index contributed by atoms with van der Waals surface area (Å²) in [6, 6.07) is 7.82. The molecule has 1 N–H and O–H groups in total. The Balaban J connectivity index is 1.56. The Morgan fingerprint density at radius 2 is 2.14 bits per heavy atom. The number of hydrogen-bond acceptors (Lipinski definition) is 5. The topological polar surface area (TPSA) is 67.9 Å². The molecule has 2 aromatic rings. The lowest BCUT2D eigenvalue weighted by Crippen LogP contribution is -2.46. The first-order chi connectivity index (χ1) is 14.0. The molecule has 156 valence electrons. The molecule has 1 aliphatic rings. The summed E-state index contributed by atoms with van der Waals surface area (Å²) in [5.74, 6) is -0.159. The second-order valence-electron chi connectivity index (χ2n) is 6.54. The Morgan fingerprint density at radius 3 is 2.83 bits per heavy atom. The second-order valence-corrected chi connectivity index (χ2v) is 7.49. The summed E-state index contributed by atoms with van der Waals surface area (Å²) in [6.45, 7) is -2.08. The van der Waals surface area contributed by atoms with Crippen LogP contribution >= 0.6 is 11.3 Å². The fraction of sp³-hybridized carbons (Fsp3) is 0.400. The summed E-state index contributed by atoms with van der Waals surface area (Å²) in [5, 5.41) is 4.68. The van der Waals surface area contributed by atoms with Crippen LogP contribution in [0.25, 0.3) is 0 Å². The van der Waals surface area contributed by atoms with Crippen molar-refractivity contribution >= 4 is 23.2 Å². The standard InChI is InChI=1S/C20H22F2N2O4S/c1-27-15-7-6-13(12-16(15)28-20(21)22)8-9-23-18(25)14-4-2-10-24(14)19(26)17-5-3-11-29-17/h3,5-7,11-12,14,20H,2,4,8-10H2,1H3,(H,23,25)/t14-/m0/s1. The molecule has 0 unspecified atom stereocenters. The highest BCUT2D eigenvalue weighted by Gasteiger charge is 2.34. The number of carbonyl (C=O) groups is 2. The number of nitrogens with zero attached hydrogens (tertiary/aromatic N) is 1. The first-order valence-corrected chi connectivity index (χ1v) is 10.1. The Labute approximate surface area is 171 Å². The number of rotatable bonds is 8. The van der Waals surface area contributed by atoms with E-state index >= 15 is 0 Å². The van der Waals surface area contributed by atoms with Gasteiger partial charge in [-0.25, -0.2) is 0 Å². The van der Waals surface area contributed by atoms with Crippen molar-refractivity contribution in [3.05, 3.63) is 46.2 Å². The van der Waals surface area contributed by atoms with Gasteiger partial charge in [-0.3, -0.25) is 9.59 Å². The van der Waals surface area contributed by atoms with Crippen LogP contribution < -0.4 is 14.8 Å². The number of thiophene rings is 1. The molecule has 0 aliphatic carbocycles. The number of methoxy groups -OCH3 is 1. The van der Waals surface area contributed by atoms with Crippen LogP contribution in [0.2, 0.25) is 0 Å². The van der Waals surface area contributed by atoms with E-state index in [1.54, 1.807) is 23.1 Å². The van der Waals surface area contributed by atoms with Crippen LogP contribution in [0.5, 0.6) is 11.5 Å². The van der Waals surface area contributed by atoms with Crippen molar-refractivity contribution in [3.63, 3.8) is 0 Å². The van der Waals surface area contributed by atoms with E-state index in [0.717, 1.165) is 12.0 Å². The highest BCUT2D eigenvalue weighted by Crippen LogP contribution is 2.29. The summed E-state index contributed by atoms with van der Waals surface area (Å²) in [7, 11) is 1.37. The number of benzene rings is 1. The lowest BCUT2D eigenvalue weighted by atomic mass is 10.1. The van der Waals surface area contributed by atoms with Gasteiger partial charge in [0.15, 0.2) is 11.5 Å². The molecule has 0 radical (unpaired) electrons. The number of ether oxygens (including phenoxy) is 2.